The van der Waals surface area contributed by atoms with Crippen molar-refractivity contribution in [2.24, 2.45) is 29.4 Å². The second kappa shape index (κ2) is 3.31. The third-order valence-electron chi connectivity index (χ3n) is 4.22. The second-order valence-corrected chi connectivity index (χ2v) is 4.79. The minimum absolute atomic E-state index is 0.0853. The average Bonchev–Trinajstić information content (AvgIpc) is 2.72. The van der Waals surface area contributed by atoms with Crippen LogP contribution in [0.25, 0.3) is 0 Å². The van der Waals surface area contributed by atoms with Gasteiger partial charge >= 0.3 is 11.9 Å². The number of hydrogen-bond donors (Lipinski definition) is 3. The molecule has 0 aromatic carbocycles. The summed E-state index contributed by atoms with van der Waals surface area (Å²) in [6, 6.07) is 0. The van der Waals surface area contributed by atoms with Crippen LogP contribution in [-0.4, -0.2) is 27.7 Å². The van der Waals surface area contributed by atoms with Crippen LogP contribution in [0, 0.1) is 23.7 Å². The van der Waals surface area contributed by atoms with Gasteiger partial charge < -0.3 is 15.9 Å². The van der Waals surface area contributed by atoms with Crippen molar-refractivity contribution in [2.75, 3.05) is 0 Å². The van der Waals surface area contributed by atoms with E-state index in [4.69, 9.17) is 15.9 Å². The average molecular weight is 225 g/mol. The number of rotatable bonds is 3. The number of hydrogen-bond acceptors (Lipinski definition) is 3. The molecule has 88 valence electrons. The second-order valence-electron chi connectivity index (χ2n) is 4.79. The molecule has 5 atom stereocenters. The Morgan fingerprint density at radius 2 is 2.00 bits per heavy atom. The van der Waals surface area contributed by atoms with Crippen LogP contribution >= 0.6 is 0 Å². The Kier molecular flexibility index (Phi) is 2.31. The summed E-state index contributed by atoms with van der Waals surface area (Å²) < 4.78 is 0. The minimum Gasteiger partial charge on any atom is -0.481 e. The van der Waals surface area contributed by atoms with Crippen LogP contribution in [-0.2, 0) is 9.59 Å². The first kappa shape index (κ1) is 11.1. The molecule has 0 spiro atoms. The van der Waals surface area contributed by atoms with Crippen LogP contribution < -0.4 is 5.73 Å². The molecule has 2 saturated carbocycles. The van der Waals surface area contributed by atoms with Crippen LogP contribution in [0.4, 0.5) is 0 Å². The normalized spacial score (nSPS) is 45.6. The Labute approximate surface area is 92.9 Å². The van der Waals surface area contributed by atoms with Gasteiger partial charge in [-0.15, -0.1) is 6.58 Å². The lowest BCUT2D eigenvalue weighted by Gasteiger charge is -2.37. The van der Waals surface area contributed by atoms with E-state index in [-0.39, 0.29) is 17.8 Å². The van der Waals surface area contributed by atoms with Crippen LogP contribution in [0.2, 0.25) is 0 Å². The van der Waals surface area contributed by atoms with Crippen molar-refractivity contribution >= 4 is 11.9 Å². The zero-order valence-electron chi connectivity index (χ0n) is 8.80. The number of carboxylic acid groups (broad SMARTS) is 2. The van der Waals surface area contributed by atoms with Gasteiger partial charge in [-0.25, -0.2) is 0 Å². The first-order chi connectivity index (χ1) is 7.42. The molecule has 0 aliphatic heterocycles. The van der Waals surface area contributed by atoms with Crippen molar-refractivity contribution in [3.63, 3.8) is 0 Å². The van der Waals surface area contributed by atoms with E-state index in [1.807, 2.05) is 0 Å². The Bertz CT molecular complexity index is 367. The molecular weight excluding hydrogens is 210 g/mol. The van der Waals surface area contributed by atoms with Gasteiger partial charge in [0.1, 0.15) is 5.54 Å². The van der Waals surface area contributed by atoms with Gasteiger partial charge in [0.2, 0.25) is 0 Å². The SMILES string of the molecule is C=C[C@H]1C[C@H]2C[C@@H]1[C@H](C(=O)O)[C@@]2(N)C(=O)O. The van der Waals surface area contributed by atoms with Crippen molar-refractivity contribution in [2.45, 2.75) is 18.4 Å². The number of carboxylic acids is 2. The maximum absolute atomic E-state index is 11.2. The molecule has 0 aromatic heterocycles. The van der Waals surface area contributed by atoms with Crippen LogP contribution in [0.15, 0.2) is 12.7 Å². The molecule has 2 aliphatic carbocycles. The molecule has 0 radical (unpaired) electrons. The molecule has 4 N–H and O–H groups in total. The summed E-state index contributed by atoms with van der Waals surface area (Å²) in [5, 5.41) is 18.3. The molecule has 2 aliphatic rings. The Balaban J connectivity index is 2.41. The van der Waals surface area contributed by atoms with E-state index in [1.54, 1.807) is 6.08 Å². The first-order valence-electron chi connectivity index (χ1n) is 5.30. The highest BCUT2D eigenvalue weighted by Crippen LogP contribution is 2.56. The Morgan fingerprint density at radius 3 is 2.44 bits per heavy atom. The smallest absolute Gasteiger partial charge is 0.324 e. The highest BCUT2D eigenvalue weighted by Gasteiger charge is 2.65. The van der Waals surface area contributed by atoms with Crippen molar-refractivity contribution in [1.82, 2.24) is 0 Å². The topological polar surface area (TPSA) is 101 Å². The number of carbonyl (C=O) groups is 2. The van der Waals surface area contributed by atoms with Crippen molar-refractivity contribution in [1.29, 1.82) is 0 Å². The molecule has 5 nitrogen and oxygen atoms in total. The number of nitrogens with two attached hydrogens (primary N) is 1. The molecule has 0 amide bonds. The van der Waals surface area contributed by atoms with E-state index in [2.05, 4.69) is 6.58 Å². The van der Waals surface area contributed by atoms with E-state index < -0.39 is 23.4 Å². The summed E-state index contributed by atoms with van der Waals surface area (Å²) in [6.07, 6.45) is 2.94. The van der Waals surface area contributed by atoms with Gasteiger partial charge in [0.25, 0.3) is 0 Å². The summed E-state index contributed by atoms with van der Waals surface area (Å²) in [5.74, 6) is -3.65. The third kappa shape index (κ3) is 1.15. The quantitative estimate of drug-likeness (QED) is 0.600. The largest absolute Gasteiger partial charge is 0.481 e. The molecule has 0 unspecified atom stereocenters. The van der Waals surface area contributed by atoms with Gasteiger partial charge in [0, 0.05) is 0 Å². The van der Waals surface area contributed by atoms with E-state index in [1.165, 1.54) is 0 Å². The van der Waals surface area contributed by atoms with E-state index >= 15 is 0 Å². The monoisotopic (exact) mass is 225 g/mol. The summed E-state index contributed by atoms with van der Waals surface area (Å²) in [6.45, 7) is 3.67. The Morgan fingerprint density at radius 1 is 1.38 bits per heavy atom. The minimum atomic E-state index is -1.60. The van der Waals surface area contributed by atoms with Gasteiger partial charge in [-0.2, -0.15) is 0 Å². The molecular formula is C11H15NO4. The zero-order valence-corrected chi connectivity index (χ0v) is 8.80. The maximum Gasteiger partial charge on any atom is 0.324 e. The van der Waals surface area contributed by atoms with Crippen molar-refractivity contribution < 1.29 is 19.8 Å². The maximum atomic E-state index is 11.2. The molecule has 0 heterocycles. The Hall–Kier alpha value is -1.36. The van der Waals surface area contributed by atoms with Gasteiger partial charge in [0.15, 0.2) is 0 Å². The lowest BCUT2D eigenvalue weighted by molar-refractivity contribution is -0.159. The van der Waals surface area contributed by atoms with Crippen molar-refractivity contribution in [3.8, 4) is 0 Å². The zero-order chi connectivity index (χ0) is 12.1. The van der Waals surface area contributed by atoms with E-state index in [9.17, 15) is 9.59 Å². The standard InChI is InChI=1S/C11H15NO4/c1-2-5-3-6-4-7(5)8(9(13)14)11(6,12)10(15)16/h2,5-8H,1,3-4,12H2,(H,13,14)(H,15,16)/t5-,6-,7-,8+,11+/m0/s1. The highest BCUT2D eigenvalue weighted by atomic mass is 16.4. The fourth-order valence-electron chi connectivity index (χ4n) is 3.45. The summed E-state index contributed by atoms with van der Waals surface area (Å²) in [5.41, 5.74) is 4.23. The summed E-state index contributed by atoms with van der Waals surface area (Å²) in [4.78, 5) is 22.4. The lowest BCUT2D eigenvalue weighted by atomic mass is 9.69. The van der Waals surface area contributed by atoms with Gasteiger partial charge in [-0.3, -0.25) is 9.59 Å². The number of fused-ring (bicyclic) bond motifs is 2. The number of aliphatic carboxylic acids is 2. The molecule has 2 fully saturated rings. The van der Waals surface area contributed by atoms with Crippen LogP contribution in [0.1, 0.15) is 12.8 Å². The molecule has 2 rings (SSSR count). The van der Waals surface area contributed by atoms with Gasteiger partial charge in [-0.05, 0) is 30.6 Å². The fraction of sp³-hybridized carbons (Fsp3) is 0.636. The molecule has 0 aromatic rings. The summed E-state index contributed by atoms with van der Waals surface area (Å²) in [7, 11) is 0. The third-order valence-corrected chi connectivity index (χ3v) is 4.22. The molecule has 5 heteroatoms. The van der Waals surface area contributed by atoms with E-state index in [0.29, 0.717) is 12.8 Å². The molecule has 2 bridgehead atoms. The highest BCUT2D eigenvalue weighted by molar-refractivity contribution is 5.88. The fourth-order valence-corrected chi connectivity index (χ4v) is 3.45. The van der Waals surface area contributed by atoms with Gasteiger partial charge in [0.05, 0.1) is 5.92 Å². The van der Waals surface area contributed by atoms with Gasteiger partial charge in [-0.1, -0.05) is 6.08 Å². The summed E-state index contributed by atoms with van der Waals surface area (Å²) >= 11 is 0. The molecule has 0 saturated heterocycles. The van der Waals surface area contributed by atoms with E-state index in [0.717, 1.165) is 0 Å². The first-order valence-corrected chi connectivity index (χ1v) is 5.30. The lowest BCUT2D eigenvalue weighted by Crippen LogP contribution is -2.61. The van der Waals surface area contributed by atoms with Crippen LogP contribution in [0.3, 0.4) is 0 Å². The van der Waals surface area contributed by atoms with Crippen molar-refractivity contribution in [3.05, 3.63) is 12.7 Å². The predicted octanol–water partition coefficient (Wildman–Crippen LogP) is 0.311. The molecule has 16 heavy (non-hydrogen) atoms. The predicted molar refractivity (Wildman–Crippen MR) is 55.6 cm³/mol. The van der Waals surface area contributed by atoms with Crippen LogP contribution in [0.5, 0.6) is 0 Å². The number of allylic oxidation sites excluding steroid dienone is 1.